The van der Waals surface area contributed by atoms with E-state index in [1.807, 2.05) is 5.51 Å². The van der Waals surface area contributed by atoms with Crippen molar-refractivity contribution in [2.45, 2.75) is 44.6 Å². The Labute approximate surface area is 83.2 Å². The van der Waals surface area contributed by atoms with Gasteiger partial charge in [-0.05, 0) is 32.6 Å². The first-order valence-corrected chi connectivity index (χ1v) is 5.83. The summed E-state index contributed by atoms with van der Waals surface area (Å²) >= 11 is 1.79. The summed E-state index contributed by atoms with van der Waals surface area (Å²) in [6.07, 6.45) is 4.89. The first-order valence-electron chi connectivity index (χ1n) is 4.95. The van der Waals surface area contributed by atoms with Crippen LogP contribution >= 0.6 is 11.3 Å². The summed E-state index contributed by atoms with van der Waals surface area (Å²) in [5.74, 6) is 0.786. The Balaban J connectivity index is 1.98. The standard InChI is InChI=1S/C10H16N2S/c1-7(11)2-5-9-10(8-3-4-8)12-6-13-9/h6-8H,2-5,11H2,1H3/t7-/m0/s1. The number of rotatable bonds is 4. The van der Waals surface area contributed by atoms with Gasteiger partial charge in [0.25, 0.3) is 0 Å². The highest BCUT2D eigenvalue weighted by Gasteiger charge is 2.27. The molecule has 1 fully saturated rings. The molecule has 3 heteroatoms. The van der Waals surface area contributed by atoms with Gasteiger partial charge in [-0.3, -0.25) is 0 Å². The molecule has 2 nitrogen and oxygen atoms in total. The van der Waals surface area contributed by atoms with Crippen LogP contribution in [-0.2, 0) is 6.42 Å². The van der Waals surface area contributed by atoms with Crippen LogP contribution in [0.1, 0.15) is 42.7 Å². The molecule has 2 rings (SSSR count). The minimum atomic E-state index is 0.314. The fourth-order valence-corrected chi connectivity index (χ4v) is 2.38. The van der Waals surface area contributed by atoms with Crippen molar-refractivity contribution in [3.05, 3.63) is 16.1 Å². The lowest BCUT2D eigenvalue weighted by Gasteiger charge is -2.03. The second kappa shape index (κ2) is 3.76. The molecule has 0 radical (unpaired) electrons. The molecule has 2 N–H and O–H groups in total. The quantitative estimate of drug-likeness (QED) is 0.802. The van der Waals surface area contributed by atoms with Gasteiger partial charge < -0.3 is 5.73 Å². The zero-order valence-electron chi connectivity index (χ0n) is 7.99. The summed E-state index contributed by atoms with van der Waals surface area (Å²) in [5.41, 5.74) is 9.08. The molecule has 0 saturated heterocycles. The summed E-state index contributed by atoms with van der Waals surface area (Å²) in [4.78, 5) is 5.91. The Morgan fingerprint density at radius 1 is 1.69 bits per heavy atom. The number of nitrogens with zero attached hydrogens (tertiary/aromatic N) is 1. The van der Waals surface area contributed by atoms with Gasteiger partial charge in [-0.25, -0.2) is 4.98 Å². The van der Waals surface area contributed by atoms with Crippen molar-refractivity contribution >= 4 is 11.3 Å². The zero-order valence-corrected chi connectivity index (χ0v) is 8.81. The maximum Gasteiger partial charge on any atom is 0.0797 e. The lowest BCUT2D eigenvalue weighted by molar-refractivity contribution is 0.667. The van der Waals surface area contributed by atoms with Crippen LogP contribution in [0.25, 0.3) is 0 Å². The largest absolute Gasteiger partial charge is 0.328 e. The molecule has 72 valence electrons. The summed E-state index contributed by atoms with van der Waals surface area (Å²) in [7, 11) is 0. The van der Waals surface area contributed by atoms with Gasteiger partial charge in [0.2, 0.25) is 0 Å². The van der Waals surface area contributed by atoms with Crippen molar-refractivity contribution < 1.29 is 0 Å². The Morgan fingerprint density at radius 2 is 2.46 bits per heavy atom. The van der Waals surface area contributed by atoms with Crippen LogP contribution < -0.4 is 5.73 Å². The molecular formula is C10H16N2S. The maximum atomic E-state index is 5.74. The topological polar surface area (TPSA) is 38.9 Å². The molecule has 1 atom stereocenters. The number of aromatic nitrogens is 1. The van der Waals surface area contributed by atoms with Crippen LogP contribution in [0.3, 0.4) is 0 Å². The second-order valence-corrected chi connectivity index (χ2v) is 4.89. The Kier molecular flexibility index (Phi) is 2.65. The minimum absolute atomic E-state index is 0.314. The van der Waals surface area contributed by atoms with Crippen molar-refractivity contribution in [1.82, 2.24) is 4.98 Å². The lowest BCUT2D eigenvalue weighted by Crippen LogP contribution is -2.15. The van der Waals surface area contributed by atoms with Crippen LogP contribution in [0, 0.1) is 0 Å². The number of aryl methyl sites for hydroxylation is 1. The molecule has 0 unspecified atom stereocenters. The molecule has 0 bridgehead atoms. The molecule has 1 heterocycles. The van der Waals surface area contributed by atoms with Gasteiger partial charge in [0.1, 0.15) is 0 Å². The normalized spacial score (nSPS) is 18.9. The van der Waals surface area contributed by atoms with Crippen molar-refractivity contribution in [3.63, 3.8) is 0 Å². The third-order valence-corrected chi connectivity index (χ3v) is 3.37. The lowest BCUT2D eigenvalue weighted by atomic mass is 10.1. The highest BCUT2D eigenvalue weighted by Crippen LogP contribution is 2.42. The van der Waals surface area contributed by atoms with E-state index in [4.69, 9.17) is 5.73 Å². The Morgan fingerprint density at radius 3 is 3.08 bits per heavy atom. The molecule has 0 amide bonds. The summed E-state index contributed by atoms with van der Waals surface area (Å²) in [5, 5.41) is 0. The van der Waals surface area contributed by atoms with E-state index in [1.54, 1.807) is 11.3 Å². The Hall–Kier alpha value is -0.410. The van der Waals surface area contributed by atoms with Crippen molar-refractivity contribution in [2.24, 2.45) is 5.73 Å². The first-order chi connectivity index (χ1) is 6.27. The fraction of sp³-hybridized carbons (Fsp3) is 0.700. The third-order valence-electron chi connectivity index (χ3n) is 2.46. The van der Waals surface area contributed by atoms with Crippen LogP contribution in [0.2, 0.25) is 0 Å². The molecule has 1 aliphatic rings. The smallest absolute Gasteiger partial charge is 0.0797 e. The van der Waals surface area contributed by atoms with Gasteiger partial charge in [-0.1, -0.05) is 0 Å². The zero-order chi connectivity index (χ0) is 9.26. The van der Waals surface area contributed by atoms with E-state index in [9.17, 15) is 0 Å². The predicted molar refractivity (Wildman–Crippen MR) is 56.1 cm³/mol. The SMILES string of the molecule is C[C@H](N)CCc1scnc1C1CC1. The van der Waals surface area contributed by atoms with E-state index in [0.717, 1.165) is 18.8 Å². The van der Waals surface area contributed by atoms with E-state index < -0.39 is 0 Å². The number of nitrogens with two attached hydrogens (primary N) is 1. The van der Waals surface area contributed by atoms with Gasteiger partial charge in [0.05, 0.1) is 11.2 Å². The van der Waals surface area contributed by atoms with Crippen LogP contribution in [0.15, 0.2) is 5.51 Å². The first kappa shape index (κ1) is 9.16. The average molecular weight is 196 g/mol. The molecule has 1 aromatic heterocycles. The van der Waals surface area contributed by atoms with Crippen molar-refractivity contribution in [1.29, 1.82) is 0 Å². The van der Waals surface area contributed by atoms with Crippen LogP contribution in [0.4, 0.5) is 0 Å². The molecular weight excluding hydrogens is 180 g/mol. The monoisotopic (exact) mass is 196 g/mol. The van der Waals surface area contributed by atoms with E-state index in [-0.39, 0.29) is 0 Å². The highest BCUT2D eigenvalue weighted by atomic mass is 32.1. The predicted octanol–water partition coefficient (Wildman–Crippen LogP) is 2.30. The minimum Gasteiger partial charge on any atom is -0.328 e. The van der Waals surface area contributed by atoms with Crippen LogP contribution in [-0.4, -0.2) is 11.0 Å². The average Bonchev–Trinajstić information content (AvgIpc) is 2.82. The number of hydrogen-bond donors (Lipinski definition) is 1. The summed E-state index contributed by atoms with van der Waals surface area (Å²) < 4.78 is 0. The molecule has 0 aromatic carbocycles. The van der Waals surface area contributed by atoms with E-state index in [1.165, 1.54) is 23.4 Å². The van der Waals surface area contributed by atoms with Gasteiger partial charge in [0.15, 0.2) is 0 Å². The molecule has 1 aromatic rings. The van der Waals surface area contributed by atoms with Gasteiger partial charge in [-0.2, -0.15) is 0 Å². The number of hydrogen-bond acceptors (Lipinski definition) is 3. The fourth-order valence-electron chi connectivity index (χ4n) is 1.51. The Bertz CT molecular complexity index is 276. The summed E-state index contributed by atoms with van der Waals surface area (Å²) in [6.45, 7) is 2.07. The molecule has 1 aliphatic carbocycles. The molecule has 13 heavy (non-hydrogen) atoms. The number of thiazole rings is 1. The summed E-state index contributed by atoms with van der Waals surface area (Å²) in [6, 6.07) is 0.314. The van der Waals surface area contributed by atoms with E-state index in [0.29, 0.717) is 6.04 Å². The molecule has 0 aliphatic heterocycles. The van der Waals surface area contributed by atoms with Gasteiger partial charge in [-0.15, -0.1) is 11.3 Å². The van der Waals surface area contributed by atoms with Crippen LogP contribution in [0.5, 0.6) is 0 Å². The van der Waals surface area contributed by atoms with Gasteiger partial charge in [0, 0.05) is 16.8 Å². The van der Waals surface area contributed by atoms with E-state index >= 15 is 0 Å². The van der Waals surface area contributed by atoms with Crippen molar-refractivity contribution in [3.8, 4) is 0 Å². The van der Waals surface area contributed by atoms with E-state index in [2.05, 4.69) is 11.9 Å². The highest BCUT2D eigenvalue weighted by molar-refractivity contribution is 7.09. The van der Waals surface area contributed by atoms with Crippen molar-refractivity contribution in [2.75, 3.05) is 0 Å². The third kappa shape index (κ3) is 2.29. The van der Waals surface area contributed by atoms with Gasteiger partial charge >= 0.3 is 0 Å². The molecule has 0 spiro atoms. The molecule has 1 saturated carbocycles. The second-order valence-electron chi connectivity index (χ2n) is 3.95. The maximum absolute atomic E-state index is 5.74.